The molecule has 4 heterocycles. The number of rotatable bonds is 6. The number of morpholine rings is 1. The zero-order chi connectivity index (χ0) is 22.9. The molecule has 0 saturated carbocycles. The lowest BCUT2D eigenvalue weighted by atomic mass is 10.1. The summed E-state index contributed by atoms with van der Waals surface area (Å²) in [6.45, 7) is 8.63. The van der Waals surface area contributed by atoms with Crippen molar-refractivity contribution < 1.29 is 13.8 Å². The van der Waals surface area contributed by atoms with Crippen LogP contribution in [-0.4, -0.2) is 95.8 Å². The van der Waals surface area contributed by atoms with Gasteiger partial charge in [-0.05, 0) is 52.7 Å². The Balaban J connectivity index is 1.33. The van der Waals surface area contributed by atoms with Crippen molar-refractivity contribution in [1.82, 2.24) is 24.0 Å². The van der Waals surface area contributed by atoms with Gasteiger partial charge in [-0.3, -0.25) is 23.8 Å². The number of aromatic amines is 1. The first kappa shape index (κ1) is 23.9. The van der Waals surface area contributed by atoms with Crippen molar-refractivity contribution in [2.24, 2.45) is 0 Å². The minimum Gasteiger partial charge on any atom is -0.350 e. The van der Waals surface area contributed by atoms with Gasteiger partial charge in [-0.15, -0.1) is 0 Å². The minimum atomic E-state index is -2.93. The number of H-pyrrole nitrogens is 1. The molecule has 1 aromatic heterocycles. The quantitative estimate of drug-likeness (QED) is 0.618. The first-order valence-corrected chi connectivity index (χ1v) is 13.6. The van der Waals surface area contributed by atoms with E-state index in [1.165, 1.54) is 36.7 Å². The maximum atomic E-state index is 13.3. The van der Waals surface area contributed by atoms with Crippen LogP contribution < -0.4 is 11.2 Å². The van der Waals surface area contributed by atoms with Gasteiger partial charge in [0.25, 0.3) is 13.1 Å². The number of piperidine rings is 1. The Morgan fingerprint density at radius 3 is 2.53 bits per heavy atom. The average molecular weight is 470 g/mol. The molecule has 1 aromatic rings. The Hall–Kier alpha value is -1.29. The predicted molar refractivity (Wildman–Crippen MR) is 122 cm³/mol. The van der Waals surface area contributed by atoms with E-state index in [2.05, 4.69) is 14.8 Å². The topological polar surface area (TPSA) is 100 Å². The van der Waals surface area contributed by atoms with E-state index >= 15 is 0 Å². The molecular weight excluding hydrogens is 433 g/mol. The highest BCUT2D eigenvalue weighted by Crippen LogP contribution is 2.48. The fourth-order valence-corrected chi connectivity index (χ4v) is 6.60. The zero-order valence-corrected chi connectivity index (χ0v) is 20.3. The number of hydrogen-bond acceptors (Lipinski definition) is 7. The Labute approximate surface area is 189 Å². The van der Waals surface area contributed by atoms with Crippen LogP contribution >= 0.6 is 7.52 Å². The van der Waals surface area contributed by atoms with Crippen molar-refractivity contribution in [3.05, 3.63) is 32.6 Å². The summed E-state index contributed by atoms with van der Waals surface area (Å²) in [5.41, 5.74) is -0.442. The first-order valence-electron chi connectivity index (χ1n) is 11.6. The highest BCUT2D eigenvalue weighted by atomic mass is 31.2. The van der Waals surface area contributed by atoms with Crippen LogP contribution in [0.2, 0.25) is 0 Å². The Morgan fingerprint density at radius 2 is 1.84 bits per heavy atom. The van der Waals surface area contributed by atoms with Crippen LogP contribution in [0, 0.1) is 6.92 Å². The number of aryl methyl sites for hydroxylation is 1. The maximum absolute atomic E-state index is 13.3. The third-order valence-electron chi connectivity index (χ3n) is 6.90. The monoisotopic (exact) mass is 469 g/mol. The highest BCUT2D eigenvalue weighted by Gasteiger charge is 2.35. The van der Waals surface area contributed by atoms with Gasteiger partial charge in [-0.25, -0.2) is 9.46 Å². The molecular formula is C21H36N5O5P. The zero-order valence-electron chi connectivity index (χ0n) is 19.4. The summed E-state index contributed by atoms with van der Waals surface area (Å²) in [4.78, 5) is 30.9. The normalized spacial score (nSPS) is 28.7. The predicted octanol–water partition coefficient (Wildman–Crippen LogP) is 1.07. The van der Waals surface area contributed by atoms with Crippen molar-refractivity contribution in [2.75, 3.05) is 59.6 Å². The molecule has 3 saturated heterocycles. The molecule has 3 fully saturated rings. The van der Waals surface area contributed by atoms with Crippen LogP contribution in [0.4, 0.5) is 0 Å². The molecule has 0 radical (unpaired) electrons. The summed E-state index contributed by atoms with van der Waals surface area (Å²) in [6, 6.07) is 0.601. The summed E-state index contributed by atoms with van der Waals surface area (Å²) in [6.07, 6.45) is 5.29. The van der Waals surface area contributed by atoms with Gasteiger partial charge >= 0.3 is 5.69 Å². The Bertz CT molecular complexity index is 951. The maximum Gasteiger partial charge on any atom is 0.330 e. The van der Waals surface area contributed by atoms with E-state index < -0.39 is 25.0 Å². The van der Waals surface area contributed by atoms with Gasteiger partial charge < -0.3 is 14.2 Å². The Kier molecular flexibility index (Phi) is 7.39. The van der Waals surface area contributed by atoms with E-state index in [1.807, 2.05) is 11.7 Å². The second-order valence-corrected chi connectivity index (χ2v) is 11.9. The number of nitrogens with one attached hydrogen (secondary N) is 1. The van der Waals surface area contributed by atoms with Crippen molar-refractivity contribution in [3.63, 3.8) is 0 Å². The molecule has 3 aliphatic heterocycles. The second-order valence-electron chi connectivity index (χ2n) is 9.44. The number of nitrogens with zero attached hydrogens (tertiary/aromatic N) is 4. The first-order chi connectivity index (χ1) is 15.2. The van der Waals surface area contributed by atoms with Gasteiger partial charge in [0.1, 0.15) is 0 Å². The molecule has 0 amide bonds. The summed E-state index contributed by atoms with van der Waals surface area (Å²) < 4.78 is 28.8. The molecule has 0 aromatic carbocycles. The molecule has 0 aliphatic carbocycles. The van der Waals surface area contributed by atoms with Gasteiger partial charge in [0, 0.05) is 50.6 Å². The number of ether oxygens (including phenoxy) is 1. The van der Waals surface area contributed by atoms with E-state index in [0.717, 1.165) is 25.9 Å². The van der Waals surface area contributed by atoms with E-state index in [9.17, 15) is 14.2 Å². The van der Waals surface area contributed by atoms with Gasteiger partial charge in [-0.2, -0.15) is 0 Å². The molecule has 3 aliphatic rings. The van der Waals surface area contributed by atoms with Crippen LogP contribution in [0.25, 0.3) is 0 Å². The molecule has 3 atom stereocenters. The van der Waals surface area contributed by atoms with E-state index in [4.69, 9.17) is 9.26 Å². The summed E-state index contributed by atoms with van der Waals surface area (Å²) in [7, 11) is -0.983. The van der Waals surface area contributed by atoms with Crippen molar-refractivity contribution in [3.8, 4) is 0 Å². The number of hydrogen-bond donors (Lipinski definition) is 1. The fraction of sp³-hybridized carbons (Fsp3) is 0.810. The Morgan fingerprint density at radius 1 is 1.16 bits per heavy atom. The molecule has 11 heteroatoms. The van der Waals surface area contributed by atoms with Crippen molar-refractivity contribution in [1.29, 1.82) is 0 Å². The minimum absolute atomic E-state index is 0.192. The van der Waals surface area contributed by atoms with E-state index in [1.54, 1.807) is 13.6 Å². The molecule has 180 valence electrons. The third-order valence-corrected chi connectivity index (χ3v) is 8.96. The molecule has 10 nitrogen and oxygen atoms in total. The van der Waals surface area contributed by atoms with Gasteiger partial charge in [0.15, 0.2) is 6.23 Å². The van der Waals surface area contributed by atoms with Gasteiger partial charge in [-0.1, -0.05) is 0 Å². The molecule has 4 rings (SSSR count). The van der Waals surface area contributed by atoms with E-state index in [-0.39, 0.29) is 12.7 Å². The summed E-state index contributed by atoms with van der Waals surface area (Å²) in [5.74, 6) is 0. The van der Waals surface area contributed by atoms with E-state index in [0.29, 0.717) is 24.7 Å². The number of likely N-dealkylation sites (tertiary alicyclic amines) is 1. The highest BCUT2D eigenvalue weighted by molar-refractivity contribution is 7.55. The van der Waals surface area contributed by atoms with Gasteiger partial charge in [0.05, 0.1) is 12.7 Å². The lowest BCUT2D eigenvalue weighted by Crippen LogP contribution is -2.48. The third kappa shape index (κ3) is 5.43. The summed E-state index contributed by atoms with van der Waals surface area (Å²) in [5, 5.41) is 0. The average Bonchev–Trinajstić information content (AvgIpc) is 3.30. The number of likely N-dealkylation sites (N-methyl/N-ethyl adjacent to an activating group) is 1. The molecule has 0 bridgehead atoms. The van der Waals surface area contributed by atoms with Crippen molar-refractivity contribution >= 4 is 7.52 Å². The van der Waals surface area contributed by atoms with Crippen LogP contribution in [0.1, 0.15) is 37.5 Å². The largest absolute Gasteiger partial charge is 0.350 e. The SMILES string of the molecule is Cc1cn(C2CN(C)C[C@@H](CO[P@](C)(=O)N3CCC(N4CCCC4)CC3)O2)c(=O)[nH]c1=O. The van der Waals surface area contributed by atoms with Crippen molar-refractivity contribution in [2.45, 2.75) is 51.0 Å². The second kappa shape index (κ2) is 9.91. The summed E-state index contributed by atoms with van der Waals surface area (Å²) >= 11 is 0. The number of aromatic nitrogens is 2. The molecule has 0 spiro atoms. The molecule has 1 unspecified atom stereocenters. The fourth-order valence-electron chi connectivity index (χ4n) is 5.03. The molecule has 1 N–H and O–H groups in total. The molecule has 32 heavy (non-hydrogen) atoms. The van der Waals surface area contributed by atoms with Crippen LogP contribution in [-0.2, 0) is 13.8 Å². The van der Waals surface area contributed by atoms with Crippen LogP contribution in [0.15, 0.2) is 15.8 Å². The lowest BCUT2D eigenvalue weighted by molar-refractivity contribution is -0.128. The smallest absolute Gasteiger partial charge is 0.330 e. The van der Waals surface area contributed by atoms with Crippen LogP contribution in [0.3, 0.4) is 0 Å². The lowest BCUT2D eigenvalue weighted by Gasteiger charge is -2.40. The standard InChI is InChI=1S/C21H36N5O5P/c1-16-12-26(21(28)22-20(16)27)19-14-23(2)13-18(31-19)15-30-32(3,29)25-10-6-17(7-11-25)24-8-4-5-9-24/h12,17-19H,4-11,13-15H2,1-3H3,(H,22,27,28)/t18-,19?,32-/m0/s1. The van der Waals surface area contributed by atoms with Crippen LogP contribution in [0.5, 0.6) is 0 Å². The van der Waals surface area contributed by atoms with Gasteiger partial charge in [0.2, 0.25) is 0 Å².